The molecule has 5 heteroatoms. The van der Waals surface area contributed by atoms with Gasteiger partial charge in [-0.05, 0) is 46.1 Å². The summed E-state index contributed by atoms with van der Waals surface area (Å²) in [6.45, 7) is 3.64. The van der Waals surface area contributed by atoms with Crippen LogP contribution in [0.15, 0.2) is 24.3 Å². The van der Waals surface area contributed by atoms with Crippen LogP contribution in [0.4, 0.5) is 0 Å². The Labute approximate surface area is 126 Å². The van der Waals surface area contributed by atoms with Gasteiger partial charge in [0.2, 0.25) is 0 Å². The van der Waals surface area contributed by atoms with Crippen molar-refractivity contribution in [3.05, 3.63) is 35.4 Å². The number of hydrogen-bond donors (Lipinski definition) is 1. The molecule has 0 aliphatic heterocycles. The highest BCUT2D eigenvalue weighted by molar-refractivity contribution is 5.94. The largest absolute Gasteiger partial charge is 0.481 e. The highest BCUT2D eigenvalue weighted by atomic mass is 16.4. The molecule has 0 heterocycles. The van der Waals surface area contributed by atoms with E-state index in [-0.39, 0.29) is 18.9 Å². The minimum absolute atomic E-state index is 0.0282. The fourth-order valence-electron chi connectivity index (χ4n) is 2.00. The first-order chi connectivity index (χ1) is 9.90. The highest BCUT2D eigenvalue weighted by Gasteiger charge is 2.16. The number of hydrogen-bond acceptors (Lipinski definition) is 3. The maximum atomic E-state index is 12.5. The van der Waals surface area contributed by atoms with Crippen LogP contribution < -0.4 is 0 Å². The first-order valence-corrected chi connectivity index (χ1v) is 7.12. The van der Waals surface area contributed by atoms with Gasteiger partial charge in [0.1, 0.15) is 0 Å². The summed E-state index contributed by atoms with van der Waals surface area (Å²) in [4.78, 5) is 26.9. The van der Waals surface area contributed by atoms with Crippen molar-refractivity contribution in [3.8, 4) is 0 Å². The van der Waals surface area contributed by atoms with E-state index in [4.69, 9.17) is 5.11 Å². The van der Waals surface area contributed by atoms with Gasteiger partial charge < -0.3 is 14.9 Å². The van der Waals surface area contributed by atoms with Gasteiger partial charge in [0.15, 0.2) is 0 Å². The molecule has 1 N–H and O–H groups in total. The molecule has 0 atom stereocenters. The SMILES string of the molecule is Cc1ccc(C(=O)N(CCCN(C)C)CCC(=O)O)cc1. The molecule has 1 aromatic carbocycles. The number of aliphatic carboxylic acids is 1. The Morgan fingerprint density at radius 1 is 1.05 bits per heavy atom. The number of carbonyl (C=O) groups is 2. The number of carbonyl (C=O) groups excluding carboxylic acids is 1. The van der Waals surface area contributed by atoms with E-state index < -0.39 is 5.97 Å². The second kappa shape index (κ2) is 8.42. The number of carboxylic acid groups (broad SMARTS) is 1. The topological polar surface area (TPSA) is 60.9 Å². The first-order valence-electron chi connectivity index (χ1n) is 7.12. The van der Waals surface area contributed by atoms with Crippen LogP contribution in [0.3, 0.4) is 0 Å². The number of carboxylic acids is 1. The van der Waals surface area contributed by atoms with Gasteiger partial charge in [-0.3, -0.25) is 9.59 Å². The molecule has 0 saturated heterocycles. The van der Waals surface area contributed by atoms with Crippen LogP contribution in [0.25, 0.3) is 0 Å². The molecule has 0 aliphatic carbocycles. The van der Waals surface area contributed by atoms with Crippen LogP contribution in [0.5, 0.6) is 0 Å². The molecule has 1 rings (SSSR count). The van der Waals surface area contributed by atoms with E-state index in [0.717, 1.165) is 18.5 Å². The second-order valence-corrected chi connectivity index (χ2v) is 5.46. The zero-order valence-corrected chi connectivity index (χ0v) is 13.0. The maximum Gasteiger partial charge on any atom is 0.305 e. The third-order valence-electron chi connectivity index (χ3n) is 3.21. The number of amides is 1. The predicted molar refractivity (Wildman–Crippen MR) is 82.5 cm³/mol. The van der Waals surface area contributed by atoms with Crippen molar-refractivity contribution in [2.45, 2.75) is 19.8 Å². The van der Waals surface area contributed by atoms with Gasteiger partial charge in [0, 0.05) is 18.7 Å². The lowest BCUT2D eigenvalue weighted by atomic mass is 10.1. The number of nitrogens with zero attached hydrogens (tertiary/aromatic N) is 2. The van der Waals surface area contributed by atoms with Crippen LogP contribution in [0.1, 0.15) is 28.8 Å². The summed E-state index contributed by atoms with van der Waals surface area (Å²) in [5.74, 6) is -0.987. The minimum Gasteiger partial charge on any atom is -0.481 e. The average Bonchev–Trinajstić information content (AvgIpc) is 2.42. The Balaban J connectivity index is 2.70. The third kappa shape index (κ3) is 6.40. The zero-order chi connectivity index (χ0) is 15.8. The van der Waals surface area contributed by atoms with E-state index in [2.05, 4.69) is 0 Å². The lowest BCUT2D eigenvalue weighted by Crippen LogP contribution is -2.35. The molecule has 0 saturated carbocycles. The predicted octanol–water partition coefficient (Wildman–Crippen LogP) is 1.86. The Morgan fingerprint density at radius 2 is 1.67 bits per heavy atom. The molecule has 21 heavy (non-hydrogen) atoms. The summed E-state index contributed by atoms with van der Waals surface area (Å²) in [5.41, 5.74) is 1.70. The molecule has 1 amide bonds. The average molecular weight is 292 g/mol. The normalized spacial score (nSPS) is 10.7. The molecule has 0 spiro atoms. The summed E-state index contributed by atoms with van der Waals surface area (Å²) in [7, 11) is 3.95. The van der Waals surface area contributed by atoms with Crippen LogP contribution in [-0.4, -0.2) is 60.5 Å². The smallest absolute Gasteiger partial charge is 0.305 e. The summed E-state index contributed by atoms with van der Waals surface area (Å²) in [6, 6.07) is 7.36. The quantitative estimate of drug-likeness (QED) is 0.794. The Morgan fingerprint density at radius 3 is 2.19 bits per heavy atom. The fourth-order valence-corrected chi connectivity index (χ4v) is 2.00. The van der Waals surface area contributed by atoms with Gasteiger partial charge in [-0.2, -0.15) is 0 Å². The van der Waals surface area contributed by atoms with Gasteiger partial charge in [-0.25, -0.2) is 0 Å². The lowest BCUT2D eigenvalue weighted by Gasteiger charge is -2.23. The molecule has 0 aliphatic rings. The van der Waals surface area contributed by atoms with E-state index in [1.54, 1.807) is 17.0 Å². The molecule has 5 nitrogen and oxygen atoms in total. The van der Waals surface area contributed by atoms with Crippen molar-refractivity contribution in [3.63, 3.8) is 0 Å². The number of aryl methyl sites for hydroxylation is 1. The van der Waals surface area contributed by atoms with Crippen molar-refractivity contribution >= 4 is 11.9 Å². The molecule has 0 bridgehead atoms. The molecule has 1 aromatic rings. The van der Waals surface area contributed by atoms with Crippen molar-refractivity contribution in [1.82, 2.24) is 9.80 Å². The summed E-state index contributed by atoms with van der Waals surface area (Å²) >= 11 is 0. The molecule has 0 aromatic heterocycles. The van der Waals surface area contributed by atoms with Crippen LogP contribution in [0, 0.1) is 6.92 Å². The Bertz CT molecular complexity index is 469. The monoisotopic (exact) mass is 292 g/mol. The fraction of sp³-hybridized carbons (Fsp3) is 0.500. The van der Waals surface area contributed by atoms with E-state index in [9.17, 15) is 9.59 Å². The molecular formula is C16H24N2O3. The van der Waals surface area contributed by atoms with Gasteiger partial charge >= 0.3 is 5.97 Å². The third-order valence-corrected chi connectivity index (χ3v) is 3.21. The minimum atomic E-state index is -0.885. The Hall–Kier alpha value is -1.88. The molecule has 0 unspecified atom stereocenters. The molecule has 0 fully saturated rings. The van der Waals surface area contributed by atoms with Crippen molar-refractivity contribution in [1.29, 1.82) is 0 Å². The molecule has 0 radical (unpaired) electrons. The zero-order valence-electron chi connectivity index (χ0n) is 13.0. The lowest BCUT2D eigenvalue weighted by molar-refractivity contribution is -0.137. The maximum absolute atomic E-state index is 12.5. The van der Waals surface area contributed by atoms with E-state index in [0.29, 0.717) is 12.1 Å². The molecular weight excluding hydrogens is 268 g/mol. The van der Waals surface area contributed by atoms with Gasteiger partial charge in [0.05, 0.1) is 6.42 Å². The number of benzene rings is 1. The number of rotatable bonds is 8. The highest BCUT2D eigenvalue weighted by Crippen LogP contribution is 2.08. The summed E-state index contributed by atoms with van der Waals surface area (Å²) < 4.78 is 0. The second-order valence-electron chi connectivity index (χ2n) is 5.46. The summed E-state index contributed by atoms with van der Waals surface area (Å²) in [6.07, 6.45) is 0.795. The molecule has 116 valence electrons. The van der Waals surface area contributed by atoms with Crippen molar-refractivity contribution < 1.29 is 14.7 Å². The van der Waals surface area contributed by atoms with E-state index in [1.807, 2.05) is 38.1 Å². The van der Waals surface area contributed by atoms with Crippen molar-refractivity contribution in [2.24, 2.45) is 0 Å². The van der Waals surface area contributed by atoms with Gasteiger partial charge in [-0.1, -0.05) is 17.7 Å². The van der Waals surface area contributed by atoms with E-state index in [1.165, 1.54) is 0 Å². The van der Waals surface area contributed by atoms with Crippen LogP contribution >= 0.6 is 0 Å². The Kier molecular flexibility index (Phi) is 6.88. The van der Waals surface area contributed by atoms with Crippen LogP contribution in [0.2, 0.25) is 0 Å². The van der Waals surface area contributed by atoms with Gasteiger partial charge in [0.25, 0.3) is 5.91 Å². The van der Waals surface area contributed by atoms with Crippen LogP contribution in [-0.2, 0) is 4.79 Å². The standard InChI is InChI=1S/C16H24N2O3/c1-13-5-7-14(8-6-13)16(21)18(12-9-15(19)20)11-4-10-17(2)3/h5-8H,4,9-12H2,1-3H3,(H,19,20). The van der Waals surface area contributed by atoms with E-state index >= 15 is 0 Å². The first kappa shape index (κ1) is 17.2. The van der Waals surface area contributed by atoms with Crippen molar-refractivity contribution in [2.75, 3.05) is 33.7 Å². The summed E-state index contributed by atoms with van der Waals surface area (Å²) in [5, 5.41) is 8.82. The van der Waals surface area contributed by atoms with Gasteiger partial charge in [-0.15, -0.1) is 0 Å².